The molecule has 20 heavy (non-hydrogen) atoms. The molecule has 2 N–H and O–H groups in total. The van der Waals surface area contributed by atoms with Gasteiger partial charge in [0.05, 0.1) is 5.56 Å². The number of aryl methyl sites for hydroxylation is 1. The number of amides is 1. The fraction of sp³-hybridized carbons (Fsp3) is 0.0667. The van der Waals surface area contributed by atoms with E-state index in [4.69, 9.17) is 5.11 Å². The van der Waals surface area contributed by atoms with Crippen LogP contribution < -0.4 is 5.32 Å². The first-order valence-electron chi connectivity index (χ1n) is 5.88. The quantitative estimate of drug-likeness (QED) is 0.899. The van der Waals surface area contributed by atoms with Crippen LogP contribution in [-0.2, 0) is 0 Å². The minimum Gasteiger partial charge on any atom is -0.478 e. The van der Waals surface area contributed by atoms with E-state index in [1.807, 2.05) is 13.0 Å². The van der Waals surface area contributed by atoms with E-state index in [0.717, 1.165) is 10.0 Å². The number of aromatic carboxylic acids is 1. The molecule has 0 saturated carbocycles. The van der Waals surface area contributed by atoms with Gasteiger partial charge in [-0.15, -0.1) is 0 Å². The monoisotopic (exact) mass is 333 g/mol. The standard InChI is InChI=1S/C15H12BrNO3/c1-9-7-11(16)5-6-13(9)14(18)17-12-4-2-3-10(8-12)15(19)20/h2-8H,1H3,(H,17,18)(H,19,20). The average Bonchev–Trinajstić information content (AvgIpc) is 2.38. The highest BCUT2D eigenvalue weighted by atomic mass is 79.9. The maximum absolute atomic E-state index is 12.2. The van der Waals surface area contributed by atoms with Crippen molar-refractivity contribution in [2.45, 2.75) is 6.92 Å². The zero-order valence-electron chi connectivity index (χ0n) is 10.7. The summed E-state index contributed by atoms with van der Waals surface area (Å²) in [5.74, 6) is -1.29. The van der Waals surface area contributed by atoms with Gasteiger partial charge in [-0.05, 0) is 48.9 Å². The summed E-state index contributed by atoms with van der Waals surface area (Å²) < 4.78 is 0.902. The number of carboxylic acids is 1. The van der Waals surface area contributed by atoms with E-state index in [1.165, 1.54) is 12.1 Å². The normalized spacial score (nSPS) is 10.1. The molecule has 2 rings (SSSR count). The number of halogens is 1. The van der Waals surface area contributed by atoms with Crippen molar-refractivity contribution in [3.63, 3.8) is 0 Å². The van der Waals surface area contributed by atoms with Crippen molar-refractivity contribution in [2.24, 2.45) is 0 Å². The summed E-state index contributed by atoms with van der Waals surface area (Å²) in [6, 6.07) is 11.5. The van der Waals surface area contributed by atoms with Gasteiger partial charge in [-0.3, -0.25) is 4.79 Å². The Morgan fingerprint density at radius 2 is 1.90 bits per heavy atom. The molecular weight excluding hydrogens is 322 g/mol. The maximum Gasteiger partial charge on any atom is 0.335 e. The minimum atomic E-state index is -1.03. The molecule has 0 aliphatic rings. The summed E-state index contributed by atoms with van der Waals surface area (Å²) in [6.07, 6.45) is 0. The van der Waals surface area contributed by atoms with Crippen LogP contribution in [0.4, 0.5) is 5.69 Å². The first-order chi connectivity index (χ1) is 9.47. The molecule has 2 aromatic rings. The summed E-state index contributed by atoms with van der Waals surface area (Å²) >= 11 is 3.34. The van der Waals surface area contributed by atoms with E-state index in [1.54, 1.807) is 24.3 Å². The molecule has 0 aromatic heterocycles. The van der Waals surface area contributed by atoms with Gasteiger partial charge in [0.15, 0.2) is 0 Å². The molecule has 0 aliphatic carbocycles. The van der Waals surface area contributed by atoms with Crippen molar-refractivity contribution in [3.8, 4) is 0 Å². The lowest BCUT2D eigenvalue weighted by molar-refractivity contribution is 0.0696. The average molecular weight is 334 g/mol. The Bertz CT molecular complexity index is 683. The number of benzene rings is 2. The first kappa shape index (κ1) is 14.3. The third-order valence-electron chi connectivity index (χ3n) is 2.80. The van der Waals surface area contributed by atoms with Crippen LogP contribution in [0.2, 0.25) is 0 Å². The zero-order chi connectivity index (χ0) is 14.7. The van der Waals surface area contributed by atoms with Gasteiger partial charge in [0.2, 0.25) is 0 Å². The van der Waals surface area contributed by atoms with E-state index < -0.39 is 5.97 Å². The largest absolute Gasteiger partial charge is 0.478 e. The molecule has 0 heterocycles. The molecule has 5 heteroatoms. The molecule has 0 aliphatic heterocycles. The molecular formula is C15H12BrNO3. The van der Waals surface area contributed by atoms with E-state index >= 15 is 0 Å². The van der Waals surface area contributed by atoms with E-state index in [9.17, 15) is 9.59 Å². The number of carbonyl (C=O) groups excluding carboxylic acids is 1. The molecule has 4 nitrogen and oxygen atoms in total. The summed E-state index contributed by atoms with van der Waals surface area (Å²) in [5.41, 5.74) is 1.98. The van der Waals surface area contributed by atoms with Gasteiger partial charge >= 0.3 is 5.97 Å². The van der Waals surface area contributed by atoms with Gasteiger partial charge in [-0.2, -0.15) is 0 Å². The summed E-state index contributed by atoms with van der Waals surface area (Å²) in [6.45, 7) is 1.84. The highest BCUT2D eigenvalue weighted by Crippen LogP contribution is 2.18. The smallest absolute Gasteiger partial charge is 0.335 e. The highest BCUT2D eigenvalue weighted by molar-refractivity contribution is 9.10. The maximum atomic E-state index is 12.2. The topological polar surface area (TPSA) is 66.4 Å². The van der Waals surface area contributed by atoms with Crippen molar-refractivity contribution in [2.75, 3.05) is 5.32 Å². The molecule has 1 amide bonds. The van der Waals surface area contributed by atoms with Crippen LogP contribution in [0.1, 0.15) is 26.3 Å². The van der Waals surface area contributed by atoms with E-state index in [-0.39, 0.29) is 11.5 Å². The number of hydrogen-bond donors (Lipinski definition) is 2. The van der Waals surface area contributed by atoms with Crippen molar-refractivity contribution in [3.05, 3.63) is 63.6 Å². The van der Waals surface area contributed by atoms with Gasteiger partial charge in [0.25, 0.3) is 5.91 Å². The lowest BCUT2D eigenvalue weighted by Gasteiger charge is -2.08. The van der Waals surface area contributed by atoms with Crippen molar-refractivity contribution >= 4 is 33.5 Å². The second-order valence-electron chi connectivity index (χ2n) is 4.30. The molecule has 0 atom stereocenters. The van der Waals surface area contributed by atoms with Crippen LogP contribution in [0.5, 0.6) is 0 Å². The van der Waals surface area contributed by atoms with Gasteiger partial charge in [-0.25, -0.2) is 4.79 Å². The Labute approximate surface area is 124 Å². The van der Waals surface area contributed by atoms with Crippen molar-refractivity contribution in [1.82, 2.24) is 0 Å². The molecule has 2 aromatic carbocycles. The Balaban J connectivity index is 2.23. The molecule has 102 valence electrons. The van der Waals surface area contributed by atoms with Crippen LogP contribution in [0.15, 0.2) is 46.9 Å². The van der Waals surface area contributed by atoms with Crippen LogP contribution in [0.25, 0.3) is 0 Å². The third kappa shape index (κ3) is 3.24. The number of carboxylic acid groups (broad SMARTS) is 1. The number of rotatable bonds is 3. The molecule has 0 spiro atoms. The second kappa shape index (κ2) is 5.88. The Morgan fingerprint density at radius 1 is 1.15 bits per heavy atom. The van der Waals surface area contributed by atoms with Crippen molar-refractivity contribution in [1.29, 1.82) is 0 Å². The van der Waals surface area contributed by atoms with Crippen LogP contribution >= 0.6 is 15.9 Å². The highest BCUT2D eigenvalue weighted by Gasteiger charge is 2.10. The fourth-order valence-corrected chi connectivity index (χ4v) is 2.29. The van der Waals surface area contributed by atoms with E-state index in [2.05, 4.69) is 21.2 Å². The number of anilines is 1. The van der Waals surface area contributed by atoms with Crippen LogP contribution in [0, 0.1) is 6.92 Å². The zero-order valence-corrected chi connectivity index (χ0v) is 12.3. The fourth-order valence-electron chi connectivity index (χ4n) is 1.81. The SMILES string of the molecule is Cc1cc(Br)ccc1C(=O)Nc1cccc(C(=O)O)c1. The molecule has 0 radical (unpaired) electrons. The summed E-state index contributed by atoms with van der Waals surface area (Å²) in [4.78, 5) is 23.0. The molecule has 0 bridgehead atoms. The predicted octanol–water partition coefficient (Wildman–Crippen LogP) is 3.71. The lowest BCUT2D eigenvalue weighted by atomic mass is 10.1. The number of carbonyl (C=O) groups is 2. The Morgan fingerprint density at radius 3 is 2.55 bits per heavy atom. The van der Waals surface area contributed by atoms with Crippen LogP contribution in [-0.4, -0.2) is 17.0 Å². The first-order valence-corrected chi connectivity index (χ1v) is 6.67. The summed E-state index contributed by atoms with van der Waals surface area (Å²) in [5, 5.41) is 11.6. The Hall–Kier alpha value is -2.14. The van der Waals surface area contributed by atoms with Gasteiger partial charge in [0.1, 0.15) is 0 Å². The number of nitrogens with one attached hydrogen (secondary N) is 1. The van der Waals surface area contributed by atoms with Gasteiger partial charge < -0.3 is 10.4 Å². The van der Waals surface area contributed by atoms with Gasteiger partial charge in [0, 0.05) is 15.7 Å². The second-order valence-corrected chi connectivity index (χ2v) is 5.22. The third-order valence-corrected chi connectivity index (χ3v) is 3.29. The van der Waals surface area contributed by atoms with Gasteiger partial charge in [-0.1, -0.05) is 22.0 Å². The molecule has 0 fully saturated rings. The number of hydrogen-bond acceptors (Lipinski definition) is 2. The summed E-state index contributed by atoms with van der Waals surface area (Å²) in [7, 11) is 0. The van der Waals surface area contributed by atoms with E-state index in [0.29, 0.717) is 11.3 Å². The predicted molar refractivity (Wildman–Crippen MR) is 80.2 cm³/mol. The van der Waals surface area contributed by atoms with Crippen LogP contribution in [0.3, 0.4) is 0 Å². The lowest BCUT2D eigenvalue weighted by Crippen LogP contribution is -2.13. The molecule has 0 saturated heterocycles. The molecule has 0 unspecified atom stereocenters. The Kier molecular flexibility index (Phi) is 4.20. The van der Waals surface area contributed by atoms with Crippen molar-refractivity contribution < 1.29 is 14.7 Å². The minimum absolute atomic E-state index is 0.135.